The number of amides is 2. The van der Waals surface area contributed by atoms with Crippen LogP contribution < -0.4 is 10.6 Å². The minimum absolute atomic E-state index is 0.139. The van der Waals surface area contributed by atoms with E-state index >= 15 is 0 Å². The maximum Gasteiger partial charge on any atom is 0.269 e. The number of pyridine rings is 1. The molecule has 0 saturated carbocycles. The van der Waals surface area contributed by atoms with Crippen LogP contribution >= 0.6 is 0 Å². The van der Waals surface area contributed by atoms with Gasteiger partial charge in [-0.25, -0.2) is 0 Å². The van der Waals surface area contributed by atoms with E-state index in [1.807, 2.05) is 0 Å². The van der Waals surface area contributed by atoms with Crippen LogP contribution in [0.5, 0.6) is 0 Å². The number of nitrogens with zero attached hydrogens (tertiary/aromatic N) is 2. The van der Waals surface area contributed by atoms with E-state index in [1.54, 1.807) is 30.5 Å². The Morgan fingerprint density at radius 2 is 2.06 bits per heavy atom. The topological polar surface area (TPSA) is 94.9 Å². The van der Waals surface area contributed by atoms with Crippen molar-refractivity contribution in [2.45, 2.75) is 12.8 Å². The first-order valence-corrected chi connectivity index (χ1v) is 5.57. The zero-order valence-electron chi connectivity index (χ0n) is 9.85. The molecule has 0 atom stereocenters. The summed E-state index contributed by atoms with van der Waals surface area (Å²) in [6, 6.07) is 6.86. The summed E-state index contributed by atoms with van der Waals surface area (Å²) in [5.74, 6) is -0.535. The number of carbonyl (C=O) groups excluding carboxylic acids is 2. The summed E-state index contributed by atoms with van der Waals surface area (Å²) in [5.41, 5.74) is 0.367. The van der Waals surface area contributed by atoms with Crippen molar-refractivity contribution in [3.63, 3.8) is 0 Å². The van der Waals surface area contributed by atoms with Crippen LogP contribution in [0, 0.1) is 11.3 Å². The lowest BCUT2D eigenvalue weighted by atomic mass is 10.3. The van der Waals surface area contributed by atoms with Gasteiger partial charge in [0.1, 0.15) is 12.1 Å². The zero-order chi connectivity index (χ0) is 13.2. The second kappa shape index (κ2) is 7.79. The van der Waals surface area contributed by atoms with Gasteiger partial charge < -0.3 is 10.6 Å². The first kappa shape index (κ1) is 13.6. The van der Waals surface area contributed by atoms with Crippen LogP contribution in [0.1, 0.15) is 23.3 Å². The van der Waals surface area contributed by atoms with Gasteiger partial charge in [-0.3, -0.25) is 14.6 Å². The van der Waals surface area contributed by atoms with Crippen molar-refractivity contribution in [2.75, 3.05) is 13.1 Å². The van der Waals surface area contributed by atoms with Crippen LogP contribution in [0.4, 0.5) is 0 Å². The number of rotatable bonds is 6. The number of aromatic nitrogens is 1. The molecule has 6 heteroatoms. The normalized spacial score (nSPS) is 9.28. The van der Waals surface area contributed by atoms with E-state index in [9.17, 15) is 9.59 Å². The van der Waals surface area contributed by atoms with E-state index in [4.69, 9.17) is 5.26 Å². The molecule has 1 aromatic rings. The largest absolute Gasteiger partial charge is 0.355 e. The molecule has 1 heterocycles. The Labute approximate surface area is 105 Å². The van der Waals surface area contributed by atoms with Crippen molar-refractivity contribution in [1.29, 1.82) is 5.26 Å². The summed E-state index contributed by atoms with van der Waals surface area (Å²) in [6.07, 6.45) is 2.02. The Hall–Kier alpha value is -2.42. The van der Waals surface area contributed by atoms with Gasteiger partial charge in [-0.2, -0.15) is 5.26 Å². The average molecular weight is 246 g/mol. The molecular formula is C12H14N4O2. The molecule has 1 aromatic heterocycles. The molecule has 2 N–H and O–H groups in total. The molecule has 94 valence electrons. The molecule has 0 unspecified atom stereocenters. The molecule has 0 aliphatic rings. The van der Waals surface area contributed by atoms with E-state index in [1.165, 1.54) is 0 Å². The number of hydrogen-bond acceptors (Lipinski definition) is 4. The molecule has 0 bridgehead atoms. The van der Waals surface area contributed by atoms with Gasteiger partial charge in [0.15, 0.2) is 0 Å². The third-order valence-electron chi connectivity index (χ3n) is 2.10. The molecule has 0 radical (unpaired) electrons. The van der Waals surface area contributed by atoms with Crippen LogP contribution in [0.15, 0.2) is 24.4 Å². The van der Waals surface area contributed by atoms with E-state index < -0.39 is 0 Å². The van der Waals surface area contributed by atoms with Crippen LogP contribution in [-0.2, 0) is 4.79 Å². The van der Waals surface area contributed by atoms with E-state index in [0.717, 1.165) is 0 Å². The van der Waals surface area contributed by atoms with E-state index in [-0.39, 0.29) is 18.2 Å². The maximum atomic E-state index is 11.5. The predicted molar refractivity (Wildman–Crippen MR) is 64.4 cm³/mol. The van der Waals surface area contributed by atoms with Crippen LogP contribution in [0.2, 0.25) is 0 Å². The van der Waals surface area contributed by atoms with Gasteiger partial charge in [0.05, 0.1) is 6.07 Å². The van der Waals surface area contributed by atoms with Crippen molar-refractivity contribution in [2.24, 2.45) is 0 Å². The first-order valence-electron chi connectivity index (χ1n) is 5.57. The van der Waals surface area contributed by atoms with Crippen LogP contribution in [0.3, 0.4) is 0 Å². The monoisotopic (exact) mass is 246 g/mol. The Balaban J connectivity index is 2.14. The predicted octanol–water partition coefficient (Wildman–Crippen LogP) is 0.231. The van der Waals surface area contributed by atoms with Crippen molar-refractivity contribution < 1.29 is 9.59 Å². The third-order valence-corrected chi connectivity index (χ3v) is 2.10. The highest BCUT2D eigenvalue weighted by atomic mass is 16.2. The fourth-order valence-electron chi connectivity index (χ4n) is 1.24. The van der Waals surface area contributed by atoms with Gasteiger partial charge in [0, 0.05) is 19.3 Å². The van der Waals surface area contributed by atoms with Crippen molar-refractivity contribution >= 4 is 11.8 Å². The highest BCUT2D eigenvalue weighted by Crippen LogP contribution is 1.92. The molecule has 0 aliphatic carbocycles. The molecule has 0 aliphatic heterocycles. The summed E-state index contributed by atoms with van der Waals surface area (Å²) >= 11 is 0. The number of nitrogens with one attached hydrogen (secondary N) is 2. The smallest absolute Gasteiger partial charge is 0.269 e. The highest BCUT2D eigenvalue weighted by Gasteiger charge is 2.04. The summed E-state index contributed by atoms with van der Waals surface area (Å²) in [5, 5.41) is 13.5. The molecule has 1 rings (SSSR count). The van der Waals surface area contributed by atoms with Gasteiger partial charge in [0.25, 0.3) is 5.91 Å². The second-order valence-electron chi connectivity index (χ2n) is 3.51. The van der Waals surface area contributed by atoms with Crippen LogP contribution in [-0.4, -0.2) is 29.9 Å². The number of nitriles is 1. The molecule has 2 amide bonds. The van der Waals surface area contributed by atoms with Crippen LogP contribution in [0.25, 0.3) is 0 Å². The standard InChI is InChI=1S/C12H14N4O2/c13-6-5-11(17)15-8-3-9-16-12(18)10-4-1-2-7-14-10/h1-2,4,7H,3,5,8-9H2,(H,15,17)(H,16,18). The number of hydrogen-bond donors (Lipinski definition) is 2. The Morgan fingerprint density at radius 3 is 2.72 bits per heavy atom. The lowest BCUT2D eigenvalue weighted by Crippen LogP contribution is -2.29. The fraction of sp³-hybridized carbons (Fsp3) is 0.333. The SMILES string of the molecule is N#CCC(=O)NCCCNC(=O)c1ccccn1. The van der Waals surface area contributed by atoms with Gasteiger partial charge in [-0.15, -0.1) is 0 Å². The van der Waals surface area contributed by atoms with Gasteiger partial charge >= 0.3 is 0 Å². The molecule has 0 spiro atoms. The molecular weight excluding hydrogens is 232 g/mol. The van der Waals surface area contributed by atoms with Gasteiger partial charge in [-0.05, 0) is 18.6 Å². The molecule has 0 fully saturated rings. The summed E-state index contributed by atoms with van der Waals surface area (Å²) in [4.78, 5) is 26.4. The lowest BCUT2D eigenvalue weighted by Gasteiger charge is -2.05. The van der Waals surface area contributed by atoms with Gasteiger partial charge in [-0.1, -0.05) is 6.07 Å². The highest BCUT2D eigenvalue weighted by molar-refractivity contribution is 5.92. The maximum absolute atomic E-state index is 11.5. The Morgan fingerprint density at radius 1 is 1.28 bits per heavy atom. The van der Waals surface area contributed by atoms with Crippen molar-refractivity contribution in [3.05, 3.63) is 30.1 Å². The molecule has 0 aromatic carbocycles. The van der Waals surface area contributed by atoms with Crippen molar-refractivity contribution in [1.82, 2.24) is 15.6 Å². The van der Waals surface area contributed by atoms with Crippen molar-refractivity contribution in [3.8, 4) is 6.07 Å². The summed E-state index contributed by atoms with van der Waals surface area (Å²) in [7, 11) is 0. The minimum Gasteiger partial charge on any atom is -0.355 e. The summed E-state index contributed by atoms with van der Waals surface area (Å²) in [6.45, 7) is 0.880. The number of carbonyl (C=O) groups is 2. The Kier molecular flexibility index (Phi) is 5.90. The quantitative estimate of drug-likeness (QED) is 0.702. The summed E-state index contributed by atoms with van der Waals surface area (Å²) < 4.78 is 0. The van der Waals surface area contributed by atoms with Gasteiger partial charge in [0.2, 0.25) is 5.91 Å². The molecule has 18 heavy (non-hydrogen) atoms. The minimum atomic E-state index is -0.298. The first-order chi connectivity index (χ1) is 8.74. The van der Waals surface area contributed by atoms with E-state index in [0.29, 0.717) is 25.2 Å². The second-order valence-corrected chi connectivity index (χ2v) is 3.51. The zero-order valence-corrected chi connectivity index (χ0v) is 9.85. The Bertz CT molecular complexity index is 439. The van der Waals surface area contributed by atoms with E-state index in [2.05, 4.69) is 15.6 Å². The lowest BCUT2D eigenvalue weighted by molar-refractivity contribution is -0.120. The fourth-order valence-corrected chi connectivity index (χ4v) is 1.24. The molecule has 6 nitrogen and oxygen atoms in total. The average Bonchev–Trinajstić information content (AvgIpc) is 2.39. The molecule has 0 saturated heterocycles. The third kappa shape index (κ3) is 5.07.